The lowest BCUT2D eigenvalue weighted by Gasteiger charge is -2.02. The maximum Gasteiger partial charge on any atom is 0.307 e. The second-order valence-electron chi connectivity index (χ2n) is 2.14. The summed E-state index contributed by atoms with van der Waals surface area (Å²) in [4.78, 5) is 20.8. The number of hydrogen-bond acceptors (Lipinski definition) is 4. The topological polar surface area (TPSA) is 52.6 Å². The fraction of sp³-hybridized carbons (Fsp3) is 0.500. The minimum absolute atomic E-state index is 0.345. The normalized spacial score (nSPS) is 10.8. The molecule has 0 amide bonds. The average molecular weight is 172 g/mol. The van der Waals surface area contributed by atoms with Crippen LogP contribution in [-0.4, -0.2) is 11.9 Å². The van der Waals surface area contributed by atoms with Crippen molar-refractivity contribution in [3.05, 3.63) is 12.0 Å². The van der Waals surface area contributed by atoms with Crippen molar-refractivity contribution in [2.75, 3.05) is 0 Å². The molecule has 68 valence electrons. The van der Waals surface area contributed by atoms with E-state index < -0.39 is 11.9 Å². The van der Waals surface area contributed by atoms with Crippen molar-refractivity contribution in [2.24, 2.45) is 0 Å². The molecule has 0 heterocycles. The number of carbonyl (C=O) groups is 2. The van der Waals surface area contributed by atoms with Gasteiger partial charge in [0.05, 0.1) is 0 Å². The third-order valence-corrected chi connectivity index (χ3v) is 0.980. The highest BCUT2D eigenvalue weighted by molar-refractivity contribution is 5.68. The maximum atomic E-state index is 10.5. The molecule has 0 saturated heterocycles. The zero-order chi connectivity index (χ0) is 9.56. The molecule has 0 N–H and O–H groups in total. The lowest BCUT2D eigenvalue weighted by atomic mass is 10.4. The highest BCUT2D eigenvalue weighted by Crippen LogP contribution is 2.03. The first-order valence-corrected chi connectivity index (χ1v) is 3.61. The van der Waals surface area contributed by atoms with Crippen LogP contribution in [-0.2, 0) is 19.1 Å². The predicted octanol–water partition coefficient (Wildman–Crippen LogP) is 1.36. The van der Waals surface area contributed by atoms with E-state index in [0.717, 1.165) is 6.26 Å². The van der Waals surface area contributed by atoms with Crippen molar-refractivity contribution < 1.29 is 19.1 Å². The Hall–Kier alpha value is -1.32. The van der Waals surface area contributed by atoms with Crippen LogP contribution in [0.3, 0.4) is 0 Å². The Morgan fingerprint density at radius 1 is 1.25 bits per heavy atom. The van der Waals surface area contributed by atoms with Crippen LogP contribution in [0.15, 0.2) is 12.0 Å². The Morgan fingerprint density at radius 3 is 2.17 bits per heavy atom. The van der Waals surface area contributed by atoms with Gasteiger partial charge in [0, 0.05) is 20.3 Å². The molecule has 0 aliphatic rings. The van der Waals surface area contributed by atoms with Crippen molar-refractivity contribution in [3.8, 4) is 0 Å². The van der Waals surface area contributed by atoms with Crippen LogP contribution in [0.4, 0.5) is 0 Å². The van der Waals surface area contributed by atoms with E-state index in [0.29, 0.717) is 12.2 Å². The molecule has 0 aliphatic carbocycles. The van der Waals surface area contributed by atoms with Gasteiger partial charge >= 0.3 is 11.9 Å². The fourth-order valence-corrected chi connectivity index (χ4v) is 0.513. The first kappa shape index (κ1) is 10.7. The molecule has 0 aromatic heterocycles. The second kappa shape index (κ2) is 5.35. The third-order valence-electron chi connectivity index (χ3n) is 0.980. The Balaban J connectivity index is 4.04. The second-order valence-corrected chi connectivity index (χ2v) is 2.14. The zero-order valence-electron chi connectivity index (χ0n) is 7.42. The van der Waals surface area contributed by atoms with Crippen LogP contribution in [0.25, 0.3) is 0 Å². The first-order chi connectivity index (χ1) is 5.56. The van der Waals surface area contributed by atoms with Gasteiger partial charge in [-0.3, -0.25) is 9.59 Å². The molecule has 0 radical (unpaired) electrons. The summed E-state index contributed by atoms with van der Waals surface area (Å²) in [5, 5.41) is 0. The summed E-state index contributed by atoms with van der Waals surface area (Å²) in [6, 6.07) is 0. The lowest BCUT2D eigenvalue weighted by molar-refractivity contribution is -0.140. The van der Waals surface area contributed by atoms with Gasteiger partial charge in [0.1, 0.15) is 12.0 Å². The third kappa shape index (κ3) is 5.46. The summed E-state index contributed by atoms with van der Waals surface area (Å²) in [6.07, 6.45) is 1.65. The summed E-state index contributed by atoms with van der Waals surface area (Å²) in [5.74, 6) is -0.513. The smallest absolute Gasteiger partial charge is 0.307 e. The van der Waals surface area contributed by atoms with Crippen molar-refractivity contribution in [1.29, 1.82) is 0 Å². The molecule has 4 nitrogen and oxygen atoms in total. The van der Waals surface area contributed by atoms with Gasteiger partial charge in [-0.05, 0) is 0 Å². The van der Waals surface area contributed by atoms with Crippen molar-refractivity contribution >= 4 is 11.9 Å². The Bertz CT molecular complexity index is 205. The predicted molar refractivity (Wildman–Crippen MR) is 41.9 cm³/mol. The van der Waals surface area contributed by atoms with Gasteiger partial charge in [-0.25, -0.2) is 0 Å². The molecule has 0 bridgehead atoms. The van der Waals surface area contributed by atoms with Gasteiger partial charge in [0.15, 0.2) is 0 Å². The average Bonchev–Trinajstić information content (AvgIpc) is 1.97. The summed E-state index contributed by atoms with van der Waals surface area (Å²) >= 11 is 0. The van der Waals surface area contributed by atoms with E-state index in [-0.39, 0.29) is 0 Å². The molecule has 0 rings (SSSR count). The van der Waals surface area contributed by atoms with E-state index in [1.165, 1.54) is 13.8 Å². The summed E-state index contributed by atoms with van der Waals surface area (Å²) in [5.41, 5.74) is 0. The number of esters is 2. The van der Waals surface area contributed by atoms with E-state index in [2.05, 4.69) is 4.74 Å². The highest BCUT2D eigenvalue weighted by atomic mass is 16.6. The Kier molecular flexibility index (Phi) is 4.76. The molecule has 0 atom stereocenters. The van der Waals surface area contributed by atoms with Gasteiger partial charge in [-0.1, -0.05) is 6.92 Å². The van der Waals surface area contributed by atoms with Gasteiger partial charge in [-0.15, -0.1) is 0 Å². The Labute approximate surface area is 71.2 Å². The van der Waals surface area contributed by atoms with Crippen LogP contribution >= 0.6 is 0 Å². The van der Waals surface area contributed by atoms with Crippen molar-refractivity contribution in [3.63, 3.8) is 0 Å². The summed E-state index contributed by atoms with van der Waals surface area (Å²) < 4.78 is 9.21. The first-order valence-electron chi connectivity index (χ1n) is 3.61. The maximum absolute atomic E-state index is 10.5. The van der Waals surface area contributed by atoms with Crippen LogP contribution in [0.2, 0.25) is 0 Å². The van der Waals surface area contributed by atoms with Crippen LogP contribution in [0.1, 0.15) is 27.2 Å². The van der Waals surface area contributed by atoms with Gasteiger partial charge in [0.2, 0.25) is 0 Å². The van der Waals surface area contributed by atoms with Crippen LogP contribution in [0, 0.1) is 0 Å². The molecule has 0 aromatic rings. The standard InChI is InChI=1S/C8H12O4/c1-4-8(12-7(3)10)5-11-6(2)9/h5H,4H2,1-3H3/b8-5+. The van der Waals surface area contributed by atoms with E-state index in [1.807, 2.05) is 0 Å². The molecule has 0 fully saturated rings. The zero-order valence-corrected chi connectivity index (χ0v) is 7.42. The molecule has 12 heavy (non-hydrogen) atoms. The summed E-state index contributed by atoms with van der Waals surface area (Å²) in [6.45, 7) is 4.35. The molecule has 0 saturated carbocycles. The number of hydrogen-bond donors (Lipinski definition) is 0. The molecular weight excluding hydrogens is 160 g/mol. The number of rotatable bonds is 3. The largest absolute Gasteiger partial charge is 0.431 e. The van der Waals surface area contributed by atoms with Crippen molar-refractivity contribution in [2.45, 2.75) is 27.2 Å². The molecule has 0 aromatic carbocycles. The van der Waals surface area contributed by atoms with E-state index in [4.69, 9.17) is 4.74 Å². The number of carbonyl (C=O) groups excluding carboxylic acids is 2. The molecule has 4 heteroatoms. The number of allylic oxidation sites excluding steroid dienone is 1. The van der Waals surface area contributed by atoms with Crippen LogP contribution in [0.5, 0.6) is 0 Å². The minimum Gasteiger partial charge on any atom is -0.431 e. The summed E-state index contributed by atoms with van der Waals surface area (Å²) in [7, 11) is 0. The van der Waals surface area contributed by atoms with Crippen LogP contribution < -0.4 is 0 Å². The Morgan fingerprint density at radius 2 is 1.83 bits per heavy atom. The minimum atomic E-state index is -0.437. The SMILES string of the molecule is CC/C(=C\OC(C)=O)OC(C)=O. The van der Waals surface area contributed by atoms with E-state index in [9.17, 15) is 9.59 Å². The van der Waals surface area contributed by atoms with Gasteiger partial charge < -0.3 is 9.47 Å². The van der Waals surface area contributed by atoms with Gasteiger partial charge in [0.25, 0.3) is 0 Å². The molecule has 0 unspecified atom stereocenters. The highest BCUT2D eigenvalue weighted by Gasteiger charge is 2.00. The van der Waals surface area contributed by atoms with E-state index >= 15 is 0 Å². The molecular formula is C8H12O4. The lowest BCUT2D eigenvalue weighted by Crippen LogP contribution is -2.00. The fourth-order valence-electron chi connectivity index (χ4n) is 0.513. The monoisotopic (exact) mass is 172 g/mol. The molecule has 0 spiro atoms. The quantitative estimate of drug-likeness (QED) is 0.476. The van der Waals surface area contributed by atoms with Gasteiger partial charge in [-0.2, -0.15) is 0 Å². The number of ether oxygens (including phenoxy) is 2. The molecule has 0 aliphatic heterocycles. The van der Waals surface area contributed by atoms with Crippen molar-refractivity contribution in [1.82, 2.24) is 0 Å². The van der Waals surface area contributed by atoms with E-state index in [1.54, 1.807) is 6.92 Å².